The van der Waals surface area contributed by atoms with Gasteiger partial charge in [0, 0.05) is 19.9 Å². The highest BCUT2D eigenvalue weighted by Gasteiger charge is 2.24. The normalized spacial score (nSPS) is 15.4. The van der Waals surface area contributed by atoms with Crippen LogP contribution in [0.1, 0.15) is 34.1 Å². The average Bonchev–Trinajstić information content (AvgIpc) is 2.25. The van der Waals surface area contributed by atoms with Crippen molar-refractivity contribution < 1.29 is 9.59 Å². The van der Waals surface area contributed by atoms with E-state index >= 15 is 0 Å². The van der Waals surface area contributed by atoms with Crippen LogP contribution in [0.25, 0.3) is 0 Å². The summed E-state index contributed by atoms with van der Waals surface area (Å²) in [5, 5.41) is 0. The molecule has 0 atom stereocenters. The summed E-state index contributed by atoms with van der Waals surface area (Å²) in [5.41, 5.74) is 0. The molecular weight excluding hydrogens is 142 g/mol. The maximum Gasteiger partial charge on any atom is 0.229 e. The van der Waals surface area contributed by atoms with E-state index in [1.165, 1.54) is 11.9 Å². The first-order valence-corrected chi connectivity index (χ1v) is 3.51. The number of imide groups is 1. The number of carbonyl (C=O) groups excluding carboxylic acids is 2. The minimum atomic E-state index is -0.0602. The van der Waals surface area contributed by atoms with Gasteiger partial charge in [-0.25, -0.2) is 0 Å². The highest BCUT2D eigenvalue weighted by molar-refractivity contribution is 6.01. The molecule has 0 radical (unpaired) electrons. The van der Waals surface area contributed by atoms with Gasteiger partial charge in [-0.3, -0.25) is 14.5 Å². The second-order valence-electron chi connectivity index (χ2n) is 1.85. The van der Waals surface area contributed by atoms with Gasteiger partial charge in [-0.15, -0.1) is 0 Å². The lowest BCUT2D eigenvalue weighted by Gasteiger charge is -2.01. The van der Waals surface area contributed by atoms with Gasteiger partial charge < -0.3 is 0 Å². The Balaban J connectivity index is 0. The number of nitrogens with zero attached hydrogens (tertiary/aromatic N) is 1. The van der Waals surface area contributed by atoms with Crippen LogP contribution in [-0.4, -0.2) is 23.8 Å². The van der Waals surface area contributed by atoms with Crippen LogP contribution in [-0.2, 0) is 9.59 Å². The Hall–Kier alpha value is -0.860. The molecule has 0 N–H and O–H groups in total. The lowest BCUT2D eigenvalue weighted by atomic mass is 10.4. The molecule has 1 heterocycles. The number of carbonyl (C=O) groups is 2. The molecule has 0 bridgehead atoms. The first-order chi connectivity index (χ1) is 4.72. The number of hydrogen-bond donors (Lipinski definition) is 0. The fourth-order valence-corrected chi connectivity index (χ4v) is 0.688. The SMILES string of the molecule is C.CC.CN1C(=O)CCC1=O. The largest absolute Gasteiger partial charge is 0.286 e. The topological polar surface area (TPSA) is 37.4 Å². The molecule has 1 aliphatic rings. The molecule has 11 heavy (non-hydrogen) atoms. The van der Waals surface area contributed by atoms with Gasteiger partial charge in [0.15, 0.2) is 0 Å². The highest BCUT2D eigenvalue weighted by atomic mass is 16.2. The fraction of sp³-hybridized carbons (Fsp3) is 0.750. The van der Waals surface area contributed by atoms with E-state index < -0.39 is 0 Å². The van der Waals surface area contributed by atoms with Crippen LogP contribution in [0, 0.1) is 0 Å². The van der Waals surface area contributed by atoms with E-state index in [2.05, 4.69) is 0 Å². The summed E-state index contributed by atoms with van der Waals surface area (Å²) in [7, 11) is 1.51. The third-order valence-electron chi connectivity index (χ3n) is 1.30. The quantitative estimate of drug-likeness (QED) is 0.501. The van der Waals surface area contributed by atoms with Gasteiger partial charge in [-0.2, -0.15) is 0 Å². The van der Waals surface area contributed by atoms with Crippen LogP contribution in [0.3, 0.4) is 0 Å². The molecule has 1 saturated heterocycles. The van der Waals surface area contributed by atoms with Crippen LogP contribution >= 0.6 is 0 Å². The Bertz CT molecular complexity index is 127. The predicted molar refractivity (Wildman–Crippen MR) is 45.1 cm³/mol. The van der Waals surface area contributed by atoms with Crippen LogP contribution in [0.5, 0.6) is 0 Å². The minimum absolute atomic E-state index is 0. The van der Waals surface area contributed by atoms with Crippen molar-refractivity contribution in [2.24, 2.45) is 0 Å². The fourth-order valence-electron chi connectivity index (χ4n) is 0.688. The maximum absolute atomic E-state index is 10.5. The first kappa shape index (κ1) is 12.8. The van der Waals surface area contributed by atoms with Crippen molar-refractivity contribution in [1.29, 1.82) is 0 Å². The Kier molecular flexibility index (Phi) is 6.85. The average molecular weight is 159 g/mol. The number of rotatable bonds is 0. The number of likely N-dealkylation sites (tertiary alicyclic amines) is 1. The molecule has 1 fully saturated rings. The molecule has 66 valence electrons. The Morgan fingerprint density at radius 3 is 1.45 bits per heavy atom. The smallest absolute Gasteiger partial charge is 0.229 e. The summed E-state index contributed by atoms with van der Waals surface area (Å²) >= 11 is 0. The summed E-state index contributed by atoms with van der Waals surface area (Å²) in [6, 6.07) is 0. The lowest BCUT2D eigenvalue weighted by Crippen LogP contribution is -2.23. The minimum Gasteiger partial charge on any atom is -0.286 e. The molecule has 0 aromatic carbocycles. The zero-order valence-electron chi connectivity index (χ0n) is 6.68. The highest BCUT2D eigenvalue weighted by Crippen LogP contribution is 2.07. The first-order valence-electron chi connectivity index (χ1n) is 3.51. The third kappa shape index (κ3) is 3.16. The zero-order valence-corrected chi connectivity index (χ0v) is 6.68. The van der Waals surface area contributed by atoms with E-state index in [1.807, 2.05) is 13.8 Å². The van der Waals surface area contributed by atoms with Crippen molar-refractivity contribution in [3.63, 3.8) is 0 Å². The second kappa shape index (κ2) is 5.89. The van der Waals surface area contributed by atoms with Crippen molar-refractivity contribution in [3.8, 4) is 0 Å². The number of amides is 2. The van der Waals surface area contributed by atoms with Gasteiger partial charge in [0.2, 0.25) is 11.8 Å². The van der Waals surface area contributed by atoms with Gasteiger partial charge in [-0.05, 0) is 0 Å². The Morgan fingerprint density at radius 2 is 1.36 bits per heavy atom. The van der Waals surface area contributed by atoms with Gasteiger partial charge in [0.25, 0.3) is 0 Å². The van der Waals surface area contributed by atoms with Crippen molar-refractivity contribution in [2.45, 2.75) is 34.1 Å². The summed E-state index contributed by atoms with van der Waals surface area (Å²) in [5.74, 6) is -0.120. The summed E-state index contributed by atoms with van der Waals surface area (Å²) < 4.78 is 0. The Morgan fingerprint density at radius 1 is 1.09 bits per heavy atom. The van der Waals surface area contributed by atoms with Gasteiger partial charge >= 0.3 is 0 Å². The van der Waals surface area contributed by atoms with Gasteiger partial charge in [-0.1, -0.05) is 21.3 Å². The van der Waals surface area contributed by atoms with Crippen molar-refractivity contribution in [3.05, 3.63) is 0 Å². The van der Waals surface area contributed by atoms with Crippen LogP contribution in [0.4, 0.5) is 0 Å². The monoisotopic (exact) mass is 159 g/mol. The van der Waals surface area contributed by atoms with E-state index in [9.17, 15) is 9.59 Å². The van der Waals surface area contributed by atoms with Crippen LogP contribution in [0.2, 0.25) is 0 Å². The predicted octanol–water partition coefficient (Wildman–Crippen LogP) is 1.43. The molecule has 3 heteroatoms. The second-order valence-corrected chi connectivity index (χ2v) is 1.85. The number of hydrogen-bond acceptors (Lipinski definition) is 2. The summed E-state index contributed by atoms with van der Waals surface area (Å²) in [6.07, 6.45) is 0.796. The molecule has 1 aliphatic heterocycles. The van der Waals surface area contributed by atoms with E-state index in [0.717, 1.165) is 0 Å². The van der Waals surface area contributed by atoms with Crippen LogP contribution < -0.4 is 0 Å². The summed E-state index contributed by atoms with van der Waals surface area (Å²) in [4.78, 5) is 22.1. The zero-order chi connectivity index (χ0) is 8.15. The molecule has 2 amide bonds. The van der Waals surface area contributed by atoms with Crippen molar-refractivity contribution >= 4 is 11.8 Å². The molecule has 0 saturated carbocycles. The maximum atomic E-state index is 10.5. The van der Waals surface area contributed by atoms with Gasteiger partial charge in [0.1, 0.15) is 0 Å². The molecule has 0 aromatic heterocycles. The van der Waals surface area contributed by atoms with Gasteiger partial charge in [0.05, 0.1) is 0 Å². The van der Waals surface area contributed by atoms with E-state index in [1.54, 1.807) is 0 Å². The van der Waals surface area contributed by atoms with E-state index in [0.29, 0.717) is 12.8 Å². The molecule has 0 unspecified atom stereocenters. The molecule has 0 aliphatic carbocycles. The van der Waals surface area contributed by atoms with Crippen molar-refractivity contribution in [2.75, 3.05) is 7.05 Å². The van der Waals surface area contributed by atoms with Crippen LogP contribution in [0.15, 0.2) is 0 Å². The molecule has 0 spiro atoms. The molecular formula is C8H17NO2. The molecule has 3 nitrogen and oxygen atoms in total. The standard InChI is InChI=1S/C5H7NO2.C2H6.CH4/c1-6-4(7)2-3-5(6)8;1-2;/h2-3H2,1H3;1-2H3;1H4. The van der Waals surface area contributed by atoms with Crippen molar-refractivity contribution in [1.82, 2.24) is 4.90 Å². The third-order valence-corrected chi connectivity index (χ3v) is 1.30. The molecule has 0 aromatic rings. The lowest BCUT2D eigenvalue weighted by molar-refractivity contribution is -0.136. The van der Waals surface area contributed by atoms with E-state index in [-0.39, 0.29) is 19.2 Å². The van der Waals surface area contributed by atoms with E-state index in [4.69, 9.17) is 0 Å². The Labute approximate surface area is 68.4 Å². The molecule has 1 rings (SSSR count). The summed E-state index contributed by atoms with van der Waals surface area (Å²) in [6.45, 7) is 4.00.